The molecule has 0 saturated carbocycles. The van der Waals surface area contributed by atoms with Gasteiger partial charge in [-0.1, -0.05) is 24.3 Å². The Morgan fingerprint density at radius 3 is 2.72 bits per heavy atom. The van der Waals surface area contributed by atoms with Crippen LogP contribution in [0.1, 0.15) is 11.1 Å². The molecule has 1 aliphatic heterocycles. The van der Waals surface area contributed by atoms with E-state index in [1.54, 1.807) is 35.2 Å². The molecule has 32 heavy (non-hydrogen) atoms. The third kappa shape index (κ3) is 5.24. The van der Waals surface area contributed by atoms with Crippen LogP contribution in [0.5, 0.6) is 11.5 Å². The molecule has 1 aliphatic rings. The number of hydrogen-bond donors (Lipinski definition) is 1. The molecular formula is C25H23FN2O4. The SMILES string of the molecule is Cc1cccc(OCCN2C(=O)COc3ccc(NC(=O)Cc4ccc(F)cc4)cc32)c1. The number of rotatable bonds is 7. The number of benzene rings is 3. The minimum absolute atomic E-state index is 0.0479. The summed E-state index contributed by atoms with van der Waals surface area (Å²) in [6, 6.07) is 18.7. The van der Waals surface area contributed by atoms with Gasteiger partial charge >= 0.3 is 0 Å². The van der Waals surface area contributed by atoms with E-state index in [-0.39, 0.29) is 30.7 Å². The van der Waals surface area contributed by atoms with Crippen molar-refractivity contribution in [1.29, 1.82) is 0 Å². The molecule has 6 nitrogen and oxygen atoms in total. The van der Waals surface area contributed by atoms with Gasteiger partial charge in [-0.25, -0.2) is 4.39 Å². The summed E-state index contributed by atoms with van der Waals surface area (Å²) in [7, 11) is 0. The molecule has 0 fully saturated rings. The van der Waals surface area contributed by atoms with Crippen molar-refractivity contribution in [2.45, 2.75) is 13.3 Å². The third-order valence-electron chi connectivity index (χ3n) is 5.04. The molecular weight excluding hydrogens is 411 g/mol. The number of halogens is 1. The van der Waals surface area contributed by atoms with Gasteiger partial charge in [0, 0.05) is 5.69 Å². The number of fused-ring (bicyclic) bond motifs is 1. The van der Waals surface area contributed by atoms with Gasteiger partial charge in [-0.05, 0) is 60.5 Å². The van der Waals surface area contributed by atoms with E-state index < -0.39 is 0 Å². The van der Waals surface area contributed by atoms with E-state index in [2.05, 4.69) is 5.32 Å². The molecule has 0 unspecified atom stereocenters. The fourth-order valence-corrected chi connectivity index (χ4v) is 3.48. The van der Waals surface area contributed by atoms with Crippen molar-refractivity contribution in [3.8, 4) is 11.5 Å². The normalized spacial score (nSPS) is 12.7. The topological polar surface area (TPSA) is 67.9 Å². The van der Waals surface area contributed by atoms with Crippen LogP contribution in [0.4, 0.5) is 15.8 Å². The molecule has 4 rings (SSSR count). The van der Waals surface area contributed by atoms with E-state index in [0.29, 0.717) is 35.8 Å². The van der Waals surface area contributed by atoms with Crippen molar-refractivity contribution < 1.29 is 23.5 Å². The average molecular weight is 434 g/mol. The fourth-order valence-electron chi connectivity index (χ4n) is 3.48. The molecule has 0 bridgehead atoms. The van der Waals surface area contributed by atoms with Crippen molar-refractivity contribution in [3.05, 3.63) is 83.7 Å². The molecule has 7 heteroatoms. The Hall–Kier alpha value is -3.87. The first-order valence-corrected chi connectivity index (χ1v) is 10.3. The molecule has 0 spiro atoms. The van der Waals surface area contributed by atoms with Crippen LogP contribution in [0.15, 0.2) is 66.7 Å². The second-order valence-electron chi connectivity index (χ2n) is 7.53. The molecule has 0 aromatic heterocycles. The lowest BCUT2D eigenvalue weighted by Crippen LogP contribution is -2.41. The summed E-state index contributed by atoms with van der Waals surface area (Å²) in [5.74, 6) is 0.540. The number of ether oxygens (including phenoxy) is 2. The van der Waals surface area contributed by atoms with E-state index in [4.69, 9.17) is 9.47 Å². The van der Waals surface area contributed by atoms with Crippen molar-refractivity contribution in [2.24, 2.45) is 0 Å². The van der Waals surface area contributed by atoms with E-state index in [0.717, 1.165) is 11.3 Å². The number of carbonyl (C=O) groups is 2. The summed E-state index contributed by atoms with van der Waals surface area (Å²) < 4.78 is 24.4. The van der Waals surface area contributed by atoms with Crippen LogP contribution >= 0.6 is 0 Å². The first-order valence-electron chi connectivity index (χ1n) is 10.3. The van der Waals surface area contributed by atoms with Gasteiger partial charge in [0.2, 0.25) is 5.91 Å². The van der Waals surface area contributed by atoms with Gasteiger partial charge < -0.3 is 19.7 Å². The number of nitrogens with zero attached hydrogens (tertiary/aromatic N) is 1. The fraction of sp³-hybridized carbons (Fsp3) is 0.200. The molecule has 0 aliphatic carbocycles. The molecule has 0 radical (unpaired) electrons. The zero-order chi connectivity index (χ0) is 22.5. The number of hydrogen-bond acceptors (Lipinski definition) is 4. The van der Waals surface area contributed by atoms with E-state index in [9.17, 15) is 14.0 Å². The number of nitrogens with one attached hydrogen (secondary N) is 1. The van der Waals surface area contributed by atoms with Gasteiger partial charge in [0.15, 0.2) is 6.61 Å². The van der Waals surface area contributed by atoms with Crippen molar-refractivity contribution >= 4 is 23.2 Å². The van der Waals surface area contributed by atoms with Gasteiger partial charge in [-0.2, -0.15) is 0 Å². The molecule has 3 aromatic carbocycles. The van der Waals surface area contributed by atoms with E-state index in [1.165, 1.54) is 12.1 Å². The van der Waals surface area contributed by atoms with E-state index >= 15 is 0 Å². The van der Waals surface area contributed by atoms with Crippen LogP contribution < -0.4 is 19.7 Å². The van der Waals surface area contributed by atoms with Crippen molar-refractivity contribution in [2.75, 3.05) is 30.0 Å². The van der Waals surface area contributed by atoms with Gasteiger partial charge in [0.1, 0.15) is 23.9 Å². The Balaban J connectivity index is 1.42. The minimum atomic E-state index is -0.347. The van der Waals surface area contributed by atoms with Gasteiger partial charge in [-0.3, -0.25) is 9.59 Å². The summed E-state index contributed by atoms with van der Waals surface area (Å²) in [6.45, 7) is 2.60. The second kappa shape index (κ2) is 9.51. The Morgan fingerprint density at radius 1 is 1.12 bits per heavy atom. The predicted molar refractivity (Wildman–Crippen MR) is 120 cm³/mol. The maximum absolute atomic E-state index is 13.0. The first-order chi connectivity index (χ1) is 15.5. The smallest absolute Gasteiger partial charge is 0.265 e. The second-order valence-corrected chi connectivity index (χ2v) is 7.53. The number of carbonyl (C=O) groups excluding carboxylic acids is 2. The molecule has 2 amide bonds. The van der Waals surface area contributed by atoms with Crippen LogP contribution in [0.25, 0.3) is 0 Å². The summed E-state index contributed by atoms with van der Waals surface area (Å²) in [5, 5.41) is 2.82. The lowest BCUT2D eigenvalue weighted by molar-refractivity contribution is -0.121. The summed E-state index contributed by atoms with van der Waals surface area (Å²) in [4.78, 5) is 26.5. The van der Waals surface area contributed by atoms with Crippen LogP contribution in [0.2, 0.25) is 0 Å². The Bertz CT molecular complexity index is 1130. The zero-order valence-electron chi connectivity index (χ0n) is 17.6. The zero-order valence-corrected chi connectivity index (χ0v) is 17.6. The molecule has 0 atom stereocenters. The maximum Gasteiger partial charge on any atom is 0.265 e. The van der Waals surface area contributed by atoms with E-state index in [1.807, 2.05) is 31.2 Å². The Kier molecular flexibility index (Phi) is 6.35. The molecule has 164 valence electrons. The lowest BCUT2D eigenvalue weighted by Gasteiger charge is -2.29. The highest BCUT2D eigenvalue weighted by Gasteiger charge is 2.26. The predicted octanol–water partition coefficient (Wildman–Crippen LogP) is 4.12. The highest BCUT2D eigenvalue weighted by atomic mass is 19.1. The molecule has 0 saturated heterocycles. The van der Waals surface area contributed by atoms with Crippen molar-refractivity contribution in [1.82, 2.24) is 0 Å². The molecule has 1 N–H and O–H groups in total. The van der Waals surface area contributed by atoms with Gasteiger partial charge in [0.05, 0.1) is 18.7 Å². The quantitative estimate of drug-likeness (QED) is 0.608. The van der Waals surface area contributed by atoms with Gasteiger partial charge in [0.25, 0.3) is 5.91 Å². The number of aryl methyl sites for hydroxylation is 1. The molecule has 3 aromatic rings. The van der Waals surface area contributed by atoms with Gasteiger partial charge in [-0.15, -0.1) is 0 Å². The largest absolute Gasteiger partial charge is 0.492 e. The van der Waals surface area contributed by atoms with Crippen LogP contribution in [-0.2, 0) is 16.0 Å². The standard InChI is InChI=1S/C25H23FN2O4/c1-17-3-2-4-21(13-17)31-12-11-28-22-15-20(9-10-23(22)32-16-25(28)30)27-24(29)14-18-5-7-19(26)8-6-18/h2-10,13,15H,11-12,14,16H2,1H3,(H,27,29). The van der Waals surface area contributed by atoms with Crippen molar-refractivity contribution in [3.63, 3.8) is 0 Å². The lowest BCUT2D eigenvalue weighted by atomic mass is 10.1. The highest BCUT2D eigenvalue weighted by molar-refractivity contribution is 5.99. The van der Waals surface area contributed by atoms with Crippen LogP contribution in [0, 0.1) is 12.7 Å². The average Bonchev–Trinajstić information content (AvgIpc) is 2.77. The maximum atomic E-state index is 13.0. The van der Waals surface area contributed by atoms with Crippen LogP contribution in [0.3, 0.4) is 0 Å². The first kappa shape index (κ1) is 21.4. The van der Waals surface area contributed by atoms with Crippen LogP contribution in [-0.4, -0.2) is 31.6 Å². The summed E-state index contributed by atoms with van der Waals surface area (Å²) in [5.41, 5.74) is 2.92. The Labute approximate surface area is 185 Å². The molecule has 1 heterocycles. The number of anilines is 2. The monoisotopic (exact) mass is 434 g/mol. The summed E-state index contributed by atoms with van der Waals surface area (Å²) in [6.07, 6.45) is 0.112. The highest BCUT2D eigenvalue weighted by Crippen LogP contribution is 2.34. The number of amides is 2. The summed E-state index contributed by atoms with van der Waals surface area (Å²) >= 11 is 0. The minimum Gasteiger partial charge on any atom is -0.492 e. The Morgan fingerprint density at radius 2 is 1.94 bits per heavy atom. The third-order valence-corrected chi connectivity index (χ3v) is 5.04.